The molecule has 2 aromatic rings. The lowest BCUT2D eigenvalue weighted by atomic mass is 10.0. The van der Waals surface area contributed by atoms with Crippen molar-refractivity contribution >= 4 is 11.9 Å². The number of nitrogens with one attached hydrogen (secondary N) is 1. The second-order valence-corrected chi connectivity index (χ2v) is 5.16. The van der Waals surface area contributed by atoms with Crippen LogP contribution in [0.2, 0.25) is 0 Å². The van der Waals surface area contributed by atoms with E-state index in [1.165, 1.54) is 6.26 Å². The summed E-state index contributed by atoms with van der Waals surface area (Å²) in [4.78, 5) is 27.1. The van der Waals surface area contributed by atoms with Crippen LogP contribution in [0.4, 0.5) is 0 Å². The highest BCUT2D eigenvalue weighted by atomic mass is 16.4. The van der Waals surface area contributed by atoms with Gasteiger partial charge in [0.1, 0.15) is 5.76 Å². The average Bonchev–Trinajstić information content (AvgIpc) is 3.08. The number of aromatic nitrogens is 1. The molecule has 0 saturated carbocycles. The maximum absolute atomic E-state index is 12.0. The van der Waals surface area contributed by atoms with Crippen LogP contribution >= 0.6 is 0 Å². The smallest absolute Gasteiger partial charge is 0.308 e. The minimum atomic E-state index is -0.953. The van der Waals surface area contributed by atoms with Crippen molar-refractivity contribution in [1.82, 2.24) is 10.3 Å². The van der Waals surface area contributed by atoms with Crippen LogP contribution in [0.1, 0.15) is 25.3 Å². The number of carbonyl (C=O) groups excluding carboxylic acids is 1. The van der Waals surface area contributed by atoms with Gasteiger partial charge in [0.2, 0.25) is 5.91 Å². The highest BCUT2D eigenvalue weighted by molar-refractivity contribution is 5.80. The van der Waals surface area contributed by atoms with E-state index in [-0.39, 0.29) is 12.3 Å². The fourth-order valence-electron chi connectivity index (χ4n) is 1.89. The Balaban J connectivity index is 2.02. The zero-order chi connectivity index (χ0) is 16.3. The summed E-state index contributed by atoms with van der Waals surface area (Å²) < 4.78 is 10.7. The molecule has 0 spiro atoms. The Hall–Kier alpha value is -2.57. The number of nitrogens with zero attached hydrogens (tertiary/aromatic N) is 1. The molecule has 2 N–H and O–H groups in total. The number of aryl methyl sites for hydroxylation is 1. The van der Waals surface area contributed by atoms with Crippen LogP contribution in [-0.2, 0) is 16.0 Å². The Kier molecular flexibility index (Phi) is 4.65. The van der Waals surface area contributed by atoms with Crippen LogP contribution < -0.4 is 5.32 Å². The zero-order valence-corrected chi connectivity index (χ0v) is 12.6. The lowest BCUT2D eigenvalue weighted by Crippen LogP contribution is -2.40. The maximum atomic E-state index is 12.0. The average molecular weight is 306 g/mol. The van der Waals surface area contributed by atoms with E-state index < -0.39 is 17.9 Å². The Morgan fingerprint density at radius 3 is 2.73 bits per heavy atom. The zero-order valence-electron chi connectivity index (χ0n) is 12.6. The first kappa shape index (κ1) is 15.8. The van der Waals surface area contributed by atoms with Gasteiger partial charge in [-0.25, -0.2) is 4.98 Å². The number of amides is 1. The number of carboxylic acids is 1. The molecular formula is C15H18N2O5. The van der Waals surface area contributed by atoms with E-state index in [1.54, 1.807) is 32.9 Å². The van der Waals surface area contributed by atoms with Gasteiger partial charge in [0.15, 0.2) is 5.76 Å². The molecule has 0 aliphatic heterocycles. The Bertz CT molecular complexity index is 660. The number of hydrogen-bond acceptors (Lipinski definition) is 5. The van der Waals surface area contributed by atoms with E-state index >= 15 is 0 Å². The topological polar surface area (TPSA) is 106 Å². The highest BCUT2D eigenvalue weighted by Gasteiger charge is 2.22. The Morgan fingerprint density at radius 1 is 1.41 bits per heavy atom. The molecule has 0 aliphatic carbocycles. The summed E-state index contributed by atoms with van der Waals surface area (Å²) in [6, 6.07) is 2.96. The quantitative estimate of drug-likeness (QED) is 0.845. The molecule has 0 aliphatic rings. The van der Waals surface area contributed by atoms with E-state index in [0.717, 1.165) is 0 Å². The van der Waals surface area contributed by atoms with E-state index in [2.05, 4.69) is 10.3 Å². The SMILES string of the molecule is Cc1oc(-c2ccco2)nc1CC(=O)NC(C)C(C)C(=O)O. The summed E-state index contributed by atoms with van der Waals surface area (Å²) in [5, 5.41) is 11.6. The number of furan rings is 1. The molecule has 118 valence electrons. The third-order valence-corrected chi connectivity index (χ3v) is 3.48. The molecule has 7 heteroatoms. The van der Waals surface area contributed by atoms with Crippen molar-refractivity contribution in [3.63, 3.8) is 0 Å². The van der Waals surface area contributed by atoms with Gasteiger partial charge in [-0.3, -0.25) is 9.59 Å². The summed E-state index contributed by atoms with van der Waals surface area (Å²) >= 11 is 0. The molecule has 2 atom stereocenters. The lowest BCUT2D eigenvalue weighted by Gasteiger charge is -2.17. The first-order valence-corrected chi connectivity index (χ1v) is 6.90. The molecule has 22 heavy (non-hydrogen) atoms. The molecule has 0 saturated heterocycles. The maximum Gasteiger partial charge on any atom is 0.308 e. The van der Waals surface area contributed by atoms with Crippen molar-refractivity contribution in [3.05, 3.63) is 29.9 Å². The molecule has 0 aromatic carbocycles. The van der Waals surface area contributed by atoms with Crippen LogP contribution in [0.5, 0.6) is 0 Å². The molecular weight excluding hydrogens is 288 g/mol. The summed E-state index contributed by atoms with van der Waals surface area (Å²) in [5.41, 5.74) is 0.499. The first-order chi connectivity index (χ1) is 10.4. The van der Waals surface area contributed by atoms with E-state index in [0.29, 0.717) is 23.1 Å². The van der Waals surface area contributed by atoms with E-state index in [9.17, 15) is 9.59 Å². The van der Waals surface area contributed by atoms with Crippen molar-refractivity contribution in [2.75, 3.05) is 0 Å². The first-order valence-electron chi connectivity index (χ1n) is 6.90. The standard InChI is InChI=1S/C15H18N2O5/c1-8(15(19)20)9(2)16-13(18)7-11-10(3)22-14(17-11)12-5-4-6-21-12/h4-6,8-9H,7H2,1-3H3,(H,16,18)(H,19,20). The van der Waals surface area contributed by atoms with Crippen molar-refractivity contribution in [3.8, 4) is 11.7 Å². The second kappa shape index (κ2) is 6.46. The number of oxazole rings is 1. The molecule has 0 radical (unpaired) electrons. The minimum absolute atomic E-state index is 0.0206. The van der Waals surface area contributed by atoms with Gasteiger partial charge >= 0.3 is 5.97 Å². The van der Waals surface area contributed by atoms with Crippen LogP contribution in [0.15, 0.2) is 27.2 Å². The number of rotatable bonds is 6. The van der Waals surface area contributed by atoms with Crippen molar-refractivity contribution in [2.24, 2.45) is 5.92 Å². The summed E-state index contributed by atoms with van der Waals surface area (Å²) in [5.74, 6) is -0.588. The lowest BCUT2D eigenvalue weighted by molar-refractivity contribution is -0.142. The Morgan fingerprint density at radius 2 is 2.14 bits per heavy atom. The largest absolute Gasteiger partial charge is 0.481 e. The van der Waals surface area contributed by atoms with E-state index in [1.807, 2.05) is 0 Å². The van der Waals surface area contributed by atoms with Crippen LogP contribution in [-0.4, -0.2) is 28.0 Å². The van der Waals surface area contributed by atoms with Crippen LogP contribution in [0, 0.1) is 12.8 Å². The normalized spacial score (nSPS) is 13.6. The second-order valence-electron chi connectivity index (χ2n) is 5.16. The molecule has 7 nitrogen and oxygen atoms in total. The van der Waals surface area contributed by atoms with Gasteiger partial charge in [-0.15, -0.1) is 0 Å². The van der Waals surface area contributed by atoms with Gasteiger partial charge in [-0.05, 0) is 32.9 Å². The van der Waals surface area contributed by atoms with E-state index in [4.69, 9.17) is 13.9 Å². The van der Waals surface area contributed by atoms with Crippen LogP contribution in [0.3, 0.4) is 0 Å². The third-order valence-electron chi connectivity index (χ3n) is 3.48. The number of hydrogen-bond donors (Lipinski definition) is 2. The molecule has 2 aromatic heterocycles. The molecule has 2 heterocycles. The van der Waals surface area contributed by atoms with Crippen molar-refractivity contribution in [1.29, 1.82) is 0 Å². The summed E-state index contributed by atoms with van der Waals surface area (Å²) in [6.07, 6.45) is 1.53. The molecule has 1 amide bonds. The third kappa shape index (κ3) is 3.55. The van der Waals surface area contributed by atoms with Gasteiger partial charge in [-0.2, -0.15) is 0 Å². The molecule has 0 bridgehead atoms. The highest BCUT2D eigenvalue weighted by Crippen LogP contribution is 2.22. The van der Waals surface area contributed by atoms with Gasteiger partial charge in [0.05, 0.1) is 24.3 Å². The molecule has 0 fully saturated rings. The molecule has 2 unspecified atom stereocenters. The fourth-order valence-corrected chi connectivity index (χ4v) is 1.89. The van der Waals surface area contributed by atoms with Crippen molar-refractivity contribution < 1.29 is 23.5 Å². The predicted octanol–water partition coefficient (Wildman–Crippen LogP) is 2.01. The fraction of sp³-hybridized carbons (Fsp3) is 0.400. The summed E-state index contributed by atoms with van der Waals surface area (Å²) in [6.45, 7) is 4.91. The van der Waals surface area contributed by atoms with Gasteiger partial charge in [0.25, 0.3) is 5.89 Å². The molecule has 2 rings (SSSR count). The van der Waals surface area contributed by atoms with Gasteiger partial charge in [0, 0.05) is 6.04 Å². The van der Waals surface area contributed by atoms with Gasteiger partial charge < -0.3 is 19.3 Å². The monoisotopic (exact) mass is 306 g/mol. The number of carboxylic acid groups (broad SMARTS) is 1. The summed E-state index contributed by atoms with van der Waals surface area (Å²) in [7, 11) is 0. The predicted molar refractivity (Wildman–Crippen MR) is 77.1 cm³/mol. The minimum Gasteiger partial charge on any atom is -0.481 e. The van der Waals surface area contributed by atoms with Gasteiger partial charge in [-0.1, -0.05) is 0 Å². The van der Waals surface area contributed by atoms with Crippen molar-refractivity contribution in [2.45, 2.75) is 33.2 Å². The number of aliphatic carboxylic acids is 1. The number of carbonyl (C=O) groups is 2. The Labute approximate surface area is 127 Å². The van der Waals surface area contributed by atoms with Crippen LogP contribution in [0.25, 0.3) is 11.7 Å².